The smallest absolute Gasteiger partial charge is 0.302 e. The van der Waals surface area contributed by atoms with Gasteiger partial charge in [0.05, 0.1) is 6.61 Å². The van der Waals surface area contributed by atoms with Gasteiger partial charge in [0.25, 0.3) is 0 Å². The van der Waals surface area contributed by atoms with E-state index < -0.39 is 42.4 Å². The van der Waals surface area contributed by atoms with E-state index in [4.69, 9.17) is 4.74 Å². The van der Waals surface area contributed by atoms with Gasteiger partial charge < -0.3 is 25.8 Å². The molecule has 0 aliphatic carbocycles. The van der Waals surface area contributed by atoms with Crippen LogP contribution >= 0.6 is 0 Å². The van der Waals surface area contributed by atoms with E-state index in [1.54, 1.807) is 45.0 Å². The van der Waals surface area contributed by atoms with Crippen molar-refractivity contribution in [1.82, 2.24) is 15.5 Å². The molecule has 0 saturated carbocycles. The minimum atomic E-state index is -1.23. The summed E-state index contributed by atoms with van der Waals surface area (Å²) in [6, 6.07) is 4.53. The van der Waals surface area contributed by atoms with Crippen molar-refractivity contribution >= 4 is 41.2 Å². The van der Waals surface area contributed by atoms with Crippen molar-refractivity contribution in [3.05, 3.63) is 29.8 Å². The van der Waals surface area contributed by atoms with Gasteiger partial charge in [0.15, 0.2) is 0 Å². The van der Waals surface area contributed by atoms with E-state index in [9.17, 15) is 33.9 Å². The van der Waals surface area contributed by atoms with Crippen LogP contribution in [0.2, 0.25) is 0 Å². The van der Waals surface area contributed by atoms with Crippen LogP contribution < -0.4 is 16.0 Å². The highest BCUT2D eigenvalue weighted by atomic mass is 16.5. The van der Waals surface area contributed by atoms with Crippen molar-refractivity contribution in [2.75, 3.05) is 18.5 Å². The molecule has 4 N–H and O–H groups in total. The van der Waals surface area contributed by atoms with Crippen LogP contribution in [0, 0.1) is 11.8 Å². The fraction of sp³-hybridized carbons (Fsp3) is 0.600. The molecule has 1 aromatic carbocycles. The van der Waals surface area contributed by atoms with Gasteiger partial charge in [0.1, 0.15) is 18.7 Å². The Balaban J connectivity index is 0.00000431. The maximum atomic E-state index is 12.9. The summed E-state index contributed by atoms with van der Waals surface area (Å²) in [5, 5.41) is 17.5. The monoisotopic (exact) mass is 590 g/mol. The summed E-state index contributed by atoms with van der Waals surface area (Å²) in [6.45, 7) is 10.3. The lowest BCUT2D eigenvalue weighted by atomic mass is 10.0. The quantitative estimate of drug-likeness (QED) is 0.137. The fourth-order valence-corrected chi connectivity index (χ4v) is 4.15. The molecule has 234 valence electrons. The van der Waals surface area contributed by atoms with Crippen molar-refractivity contribution in [1.29, 1.82) is 0 Å². The van der Waals surface area contributed by atoms with Gasteiger partial charge in [0.2, 0.25) is 29.5 Å². The molecule has 1 aliphatic heterocycles. The molecule has 0 spiro atoms. The van der Waals surface area contributed by atoms with Crippen LogP contribution in [0.15, 0.2) is 24.3 Å². The Kier molecular flexibility index (Phi) is 16.0. The van der Waals surface area contributed by atoms with E-state index in [1.807, 2.05) is 13.8 Å². The van der Waals surface area contributed by atoms with Gasteiger partial charge in [-0.3, -0.25) is 33.7 Å². The summed E-state index contributed by atoms with van der Waals surface area (Å²) >= 11 is 0. The number of carbonyl (C=O) groups excluding carboxylic acids is 6. The standard InChI is InChI=1S/C28H40N4O8.C2H6/c1-17(2)25(27(38)29-21-11-9-20(10-12-21)16-40-19(4)34)31-26(37)22(15-33)30-23(35)8-6-5-7-13-32-24(36)14-18(3)28(32)39;1-2/h9-12,17-18,22,25,33H,5-8,13-16H2,1-4H3,(H,29,38)(H,30,35)(H,31,37);1-2H3. The van der Waals surface area contributed by atoms with E-state index in [1.165, 1.54) is 11.8 Å². The Bertz CT molecular complexity index is 1070. The maximum absolute atomic E-state index is 12.9. The topological polar surface area (TPSA) is 171 Å². The van der Waals surface area contributed by atoms with Gasteiger partial charge in [-0.1, -0.05) is 53.2 Å². The molecule has 0 aromatic heterocycles. The maximum Gasteiger partial charge on any atom is 0.302 e. The Morgan fingerprint density at radius 3 is 2.17 bits per heavy atom. The number of unbranched alkanes of at least 4 members (excludes halogenated alkanes) is 2. The lowest BCUT2D eigenvalue weighted by Crippen LogP contribution is -2.55. The van der Waals surface area contributed by atoms with Crippen LogP contribution in [0.25, 0.3) is 0 Å². The first-order valence-corrected chi connectivity index (χ1v) is 14.5. The summed E-state index contributed by atoms with van der Waals surface area (Å²) in [7, 11) is 0. The van der Waals surface area contributed by atoms with E-state index in [0.717, 1.165) is 5.56 Å². The first kappa shape index (κ1) is 36.2. The minimum absolute atomic E-state index is 0.101. The van der Waals surface area contributed by atoms with E-state index in [-0.39, 0.29) is 43.1 Å². The molecule has 2 rings (SSSR count). The largest absolute Gasteiger partial charge is 0.461 e. The lowest BCUT2D eigenvalue weighted by Gasteiger charge is -2.24. The number of carbonyl (C=O) groups is 6. The van der Waals surface area contributed by atoms with Gasteiger partial charge in [-0.2, -0.15) is 0 Å². The highest BCUT2D eigenvalue weighted by Crippen LogP contribution is 2.19. The normalized spacial score (nSPS) is 15.8. The molecule has 0 bridgehead atoms. The molecule has 1 fully saturated rings. The summed E-state index contributed by atoms with van der Waals surface area (Å²) < 4.78 is 4.94. The van der Waals surface area contributed by atoms with E-state index in [0.29, 0.717) is 31.5 Å². The Morgan fingerprint density at radius 1 is 1.00 bits per heavy atom. The van der Waals surface area contributed by atoms with Crippen molar-refractivity contribution in [3.8, 4) is 0 Å². The number of nitrogens with zero attached hydrogens (tertiary/aromatic N) is 1. The Labute approximate surface area is 247 Å². The highest BCUT2D eigenvalue weighted by Gasteiger charge is 2.34. The number of benzene rings is 1. The van der Waals surface area contributed by atoms with Gasteiger partial charge in [-0.25, -0.2) is 0 Å². The number of imide groups is 1. The number of hydrogen-bond donors (Lipinski definition) is 4. The van der Waals surface area contributed by atoms with Crippen LogP contribution in [-0.2, 0) is 40.1 Å². The SMILES string of the molecule is CC.CC(=O)OCc1ccc(NC(=O)C(NC(=O)C(CO)NC(=O)CCCCCN2C(=O)CC(C)C2=O)C(C)C)cc1. The summed E-state index contributed by atoms with van der Waals surface area (Å²) in [5.41, 5.74) is 1.23. The average molecular weight is 591 g/mol. The molecule has 1 heterocycles. The van der Waals surface area contributed by atoms with Crippen molar-refractivity contribution in [3.63, 3.8) is 0 Å². The number of aliphatic hydroxyl groups is 1. The highest BCUT2D eigenvalue weighted by molar-refractivity contribution is 6.03. The summed E-state index contributed by atoms with van der Waals surface area (Å²) in [5.74, 6) is -2.91. The molecule has 0 radical (unpaired) electrons. The molecule has 12 nitrogen and oxygen atoms in total. The number of likely N-dealkylation sites (tertiary alicyclic amines) is 1. The van der Waals surface area contributed by atoms with Crippen molar-refractivity contribution in [2.45, 2.75) is 92.3 Å². The van der Waals surface area contributed by atoms with E-state index in [2.05, 4.69) is 16.0 Å². The zero-order valence-electron chi connectivity index (χ0n) is 25.5. The number of ether oxygens (including phenoxy) is 1. The molecule has 3 unspecified atom stereocenters. The second kappa shape index (κ2) is 18.6. The van der Waals surface area contributed by atoms with Crippen LogP contribution in [0.5, 0.6) is 0 Å². The van der Waals surface area contributed by atoms with Gasteiger partial charge in [-0.15, -0.1) is 0 Å². The summed E-state index contributed by atoms with van der Waals surface area (Å²) in [6.07, 6.45) is 1.99. The number of nitrogens with one attached hydrogen (secondary N) is 3. The Morgan fingerprint density at radius 2 is 1.64 bits per heavy atom. The third kappa shape index (κ3) is 12.0. The molecular weight excluding hydrogens is 544 g/mol. The zero-order chi connectivity index (χ0) is 31.8. The number of hydrogen-bond acceptors (Lipinski definition) is 8. The van der Waals surface area contributed by atoms with Gasteiger partial charge in [-0.05, 0) is 36.5 Å². The van der Waals surface area contributed by atoms with Crippen LogP contribution in [-0.4, -0.2) is 70.7 Å². The third-order valence-electron chi connectivity index (χ3n) is 6.50. The second-order valence-electron chi connectivity index (χ2n) is 10.3. The number of esters is 1. The molecule has 3 atom stereocenters. The minimum Gasteiger partial charge on any atom is -0.461 e. The molecule has 1 saturated heterocycles. The number of aliphatic hydroxyl groups excluding tert-OH is 1. The first-order chi connectivity index (χ1) is 19.9. The van der Waals surface area contributed by atoms with Gasteiger partial charge >= 0.3 is 5.97 Å². The molecule has 42 heavy (non-hydrogen) atoms. The van der Waals surface area contributed by atoms with E-state index >= 15 is 0 Å². The lowest BCUT2D eigenvalue weighted by molar-refractivity contribution is -0.142. The fourth-order valence-electron chi connectivity index (χ4n) is 4.15. The van der Waals surface area contributed by atoms with Crippen LogP contribution in [0.1, 0.15) is 79.2 Å². The average Bonchev–Trinajstić information content (AvgIpc) is 3.20. The zero-order valence-corrected chi connectivity index (χ0v) is 25.5. The number of amides is 5. The number of rotatable bonds is 15. The first-order valence-electron chi connectivity index (χ1n) is 14.5. The molecular formula is C30H46N4O8. The predicted octanol–water partition coefficient (Wildman–Crippen LogP) is 2.29. The van der Waals surface area contributed by atoms with Crippen molar-refractivity contribution < 1.29 is 38.6 Å². The van der Waals surface area contributed by atoms with Crippen LogP contribution in [0.4, 0.5) is 5.69 Å². The summed E-state index contributed by atoms with van der Waals surface area (Å²) in [4.78, 5) is 74.0. The third-order valence-corrected chi connectivity index (χ3v) is 6.50. The van der Waals surface area contributed by atoms with Crippen molar-refractivity contribution in [2.24, 2.45) is 11.8 Å². The molecule has 1 aliphatic rings. The second-order valence-corrected chi connectivity index (χ2v) is 10.3. The Hall–Kier alpha value is -3.80. The molecule has 12 heteroatoms. The number of anilines is 1. The predicted molar refractivity (Wildman–Crippen MR) is 157 cm³/mol. The molecule has 1 aromatic rings. The van der Waals surface area contributed by atoms with Gasteiger partial charge in [0, 0.05) is 37.9 Å². The van der Waals surface area contributed by atoms with Crippen LogP contribution in [0.3, 0.4) is 0 Å². The molecule has 5 amide bonds.